The number of hydrogen-bond acceptors (Lipinski definition) is 4. The van der Waals surface area contributed by atoms with Gasteiger partial charge in [0.1, 0.15) is 18.1 Å². The van der Waals surface area contributed by atoms with E-state index in [9.17, 15) is 0 Å². The van der Waals surface area contributed by atoms with E-state index in [0.29, 0.717) is 12.3 Å². The molecule has 0 amide bonds. The van der Waals surface area contributed by atoms with E-state index in [-0.39, 0.29) is 6.61 Å². The molecule has 0 bridgehead atoms. The molecule has 1 aromatic rings. The lowest BCUT2D eigenvalue weighted by Gasteiger charge is -2.04. The van der Waals surface area contributed by atoms with E-state index in [1.165, 1.54) is 12.8 Å². The van der Waals surface area contributed by atoms with Crippen molar-refractivity contribution in [3.63, 3.8) is 0 Å². The molecule has 1 saturated carbocycles. The summed E-state index contributed by atoms with van der Waals surface area (Å²) in [4.78, 5) is 0. The Labute approximate surface area is 102 Å². The molecule has 1 aliphatic carbocycles. The first kappa shape index (κ1) is 12.6. The Bertz CT molecular complexity index is 320. The van der Waals surface area contributed by atoms with Gasteiger partial charge in [-0.05, 0) is 43.9 Å². The first-order valence-electron chi connectivity index (χ1n) is 6.35. The predicted octanol–water partition coefficient (Wildman–Crippen LogP) is 1.68. The van der Waals surface area contributed by atoms with Crippen LogP contribution in [0.2, 0.25) is 0 Å². The molecule has 0 aliphatic heterocycles. The fourth-order valence-electron chi connectivity index (χ4n) is 1.65. The summed E-state index contributed by atoms with van der Waals surface area (Å²) in [5, 5.41) is 12.1. The number of hydrogen-bond donors (Lipinski definition) is 2. The van der Waals surface area contributed by atoms with Gasteiger partial charge in [-0.1, -0.05) is 0 Å². The average Bonchev–Trinajstić information content (AvgIpc) is 3.05. The number of furan rings is 1. The van der Waals surface area contributed by atoms with Gasteiger partial charge in [-0.3, -0.25) is 0 Å². The Kier molecular flexibility index (Phi) is 5.04. The van der Waals surface area contributed by atoms with Crippen LogP contribution in [-0.2, 0) is 17.9 Å². The van der Waals surface area contributed by atoms with Crippen LogP contribution in [0.25, 0.3) is 0 Å². The van der Waals surface area contributed by atoms with E-state index in [2.05, 4.69) is 5.32 Å². The summed E-state index contributed by atoms with van der Waals surface area (Å²) in [5.74, 6) is 2.34. The third-order valence-corrected chi connectivity index (χ3v) is 2.87. The number of aliphatic hydroxyl groups is 1. The normalized spacial score (nSPS) is 15.4. The second-order valence-corrected chi connectivity index (χ2v) is 4.57. The van der Waals surface area contributed by atoms with E-state index in [1.807, 2.05) is 6.07 Å². The largest absolute Gasteiger partial charge is 0.462 e. The molecular weight excluding hydrogens is 218 g/mol. The van der Waals surface area contributed by atoms with Gasteiger partial charge in [0.2, 0.25) is 0 Å². The number of ether oxygens (including phenoxy) is 1. The lowest BCUT2D eigenvalue weighted by atomic mass is 10.4. The Hall–Kier alpha value is -0.840. The van der Waals surface area contributed by atoms with Crippen molar-refractivity contribution < 1.29 is 14.3 Å². The van der Waals surface area contributed by atoms with E-state index < -0.39 is 0 Å². The molecule has 2 N–H and O–H groups in total. The maximum Gasteiger partial charge on any atom is 0.129 e. The first-order chi connectivity index (χ1) is 8.38. The van der Waals surface area contributed by atoms with Crippen LogP contribution in [0, 0.1) is 5.92 Å². The average molecular weight is 239 g/mol. The molecular formula is C13H21NO3. The Balaban J connectivity index is 1.44. The molecule has 0 spiro atoms. The summed E-state index contributed by atoms with van der Waals surface area (Å²) in [5.41, 5.74) is 0. The monoisotopic (exact) mass is 239 g/mol. The molecule has 0 unspecified atom stereocenters. The molecule has 1 aliphatic rings. The SMILES string of the molecule is OCc1ccc(CNCCCOCC2CC2)o1. The molecule has 1 heterocycles. The van der Waals surface area contributed by atoms with Crippen molar-refractivity contribution in [3.8, 4) is 0 Å². The summed E-state index contributed by atoms with van der Waals surface area (Å²) in [6, 6.07) is 3.69. The van der Waals surface area contributed by atoms with Crippen LogP contribution >= 0.6 is 0 Å². The zero-order chi connectivity index (χ0) is 11.9. The van der Waals surface area contributed by atoms with Gasteiger partial charge in [0.15, 0.2) is 0 Å². The summed E-state index contributed by atoms with van der Waals surface area (Å²) in [6.07, 6.45) is 3.73. The van der Waals surface area contributed by atoms with E-state index in [4.69, 9.17) is 14.3 Å². The highest BCUT2D eigenvalue weighted by atomic mass is 16.5. The zero-order valence-corrected chi connectivity index (χ0v) is 10.2. The molecule has 17 heavy (non-hydrogen) atoms. The van der Waals surface area contributed by atoms with Gasteiger partial charge in [0, 0.05) is 13.2 Å². The zero-order valence-electron chi connectivity index (χ0n) is 10.2. The van der Waals surface area contributed by atoms with Gasteiger partial charge in [0.25, 0.3) is 0 Å². The van der Waals surface area contributed by atoms with Gasteiger partial charge in [-0.2, -0.15) is 0 Å². The minimum atomic E-state index is -0.0327. The smallest absolute Gasteiger partial charge is 0.129 e. The number of rotatable bonds is 9. The van der Waals surface area contributed by atoms with Crippen LogP contribution in [0.15, 0.2) is 16.5 Å². The van der Waals surface area contributed by atoms with Crippen molar-refractivity contribution in [1.29, 1.82) is 0 Å². The van der Waals surface area contributed by atoms with Gasteiger partial charge in [-0.25, -0.2) is 0 Å². The summed E-state index contributed by atoms with van der Waals surface area (Å²) < 4.78 is 10.9. The van der Waals surface area contributed by atoms with Crippen molar-refractivity contribution in [3.05, 3.63) is 23.7 Å². The van der Waals surface area contributed by atoms with Crippen molar-refractivity contribution in [2.75, 3.05) is 19.8 Å². The minimum Gasteiger partial charge on any atom is -0.462 e. The standard InChI is InChI=1S/C13H21NO3/c15-9-13-5-4-12(17-13)8-14-6-1-7-16-10-11-2-3-11/h4-5,11,14-15H,1-3,6-10H2. The summed E-state index contributed by atoms with van der Waals surface area (Å²) in [6.45, 7) is 3.39. The van der Waals surface area contributed by atoms with Crippen LogP contribution in [0.5, 0.6) is 0 Å². The third-order valence-electron chi connectivity index (χ3n) is 2.87. The maximum atomic E-state index is 8.84. The molecule has 2 rings (SSSR count). The van der Waals surface area contributed by atoms with Crippen molar-refractivity contribution in [2.24, 2.45) is 5.92 Å². The Morgan fingerprint density at radius 1 is 1.35 bits per heavy atom. The lowest BCUT2D eigenvalue weighted by molar-refractivity contribution is 0.122. The molecule has 96 valence electrons. The van der Waals surface area contributed by atoms with Crippen molar-refractivity contribution in [1.82, 2.24) is 5.32 Å². The Morgan fingerprint density at radius 3 is 2.88 bits per heavy atom. The molecule has 1 aromatic heterocycles. The fourth-order valence-corrected chi connectivity index (χ4v) is 1.65. The highest BCUT2D eigenvalue weighted by molar-refractivity contribution is 5.05. The van der Waals surface area contributed by atoms with Gasteiger partial charge >= 0.3 is 0 Å². The highest BCUT2D eigenvalue weighted by Crippen LogP contribution is 2.28. The van der Waals surface area contributed by atoms with E-state index in [0.717, 1.165) is 37.9 Å². The van der Waals surface area contributed by atoms with Gasteiger partial charge < -0.3 is 19.6 Å². The molecule has 1 fully saturated rings. The first-order valence-corrected chi connectivity index (χ1v) is 6.35. The van der Waals surface area contributed by atoms with Gasteiger partial charge in [0.05, 0.1) is 6.54 Å². The molecule has 4 heteroatoms. The fraction of sp³-hybridized carbons (Fsp3) is 0.692. The third kappa shape index (κ3) is 4.89. The van der Waals surface area contributed by atoms with Crippen molar-refractivity contribution >= 4 is 0 Å². The van der Waals surface area contributed by atoms with Gasteiger partial charge in [-0.15, -0.1) is 0 Å². The topological polar surface area (TPSA) is 54.6 Å². The van der Waals surface area contributed by atoms with Crippen LogP contribution < -0.4 is 5.32 Å². The molecule has 0 radical (unpaired) electrons. The van der Waals surface area contributed by atoms with Crippen LogP contribution in [-0.4, -0.2) is 24.9 Å². The van der Waals surface area contributed by atoms with Crippen LogP contribution in [0.1, 0.15) is 30.8 Å². The molecule has 0 saturated heterocycles. The second-order valence-electron chi connectivity index (χ2n) is 4.57. The van der Waals surface area contributed by atoms with E-state index in [1.54, 1.807) is 6.07 Å². The lowest BCUT2D eigenvalue weighted by Crippen LogP contribution is -2.16. The van der Waals surface area contributed by atoms with Crippen LogP contribution in [0.4, 0.5) is 0 Å². The Morgan fingerprint density at radius 2 is 2.18 bits per heavy atom. The minimum absolute atomic E-state index is 0.0327. The van der Waals surface area contributed by atoms with Crippen molar-refractivity contribution in [2.45, 2.75) is 32.4 Å². The van der Waals surface area contributed by atoms with E-state index >= 15 is 0 Å². The predicted molar refractivity (Wildman–Crippen MR) is 64.5 cm³/mol. The second kappa shape index (κ2) is 6.79. The summed E-state index contributed by atoms with van der Waals surface area (Å²) in [7, 11) is 0. The summed E-state index contributed by atoms with van der Waals surface area (Å²) >= 11 is 0. The number of nitrogens with one attached hydrogen (secondary N) is 1. The molecule has 4 nitrogen and oxygen atoms in total. The van der Waals surface area contributed by atoms with Crippen LogP contribution in [0.3, 0.4) is 0 Å². The highest BCUT2D eigenvalue weighted by Gasteiger charge is 2.20. The maximum absolute atomic E-state index is 8.84. The molecule has 0 atom stereocenters. The quantitative estimate of drug-likeness (QED) is 0.644. The molecule has 0 aromatic carbocycles. The number of aliphatic hydroxyl groups excluding tert-OH is 1.